The van der Waals surface area contributed by atoms with Crippen LogP contribution in [0.2, 0.25) is 10.0 Å². The Morgan fingerprint density at radius 2 is 2.11 bits per heavy atom. The zero-order chi connectivity index (χ0) is 13.8. The molecule has 2 N–H and O–H groups in total. The van der Waals surface area contributed by atoms with Crippen molar-refractivity contribution in [2.75, 3.05) is 6.54 Å². The molecule has 1 aliphatic rings. The molecule has 0 radical (unpaired) electrons. The van der Waals surface area contributed by atoms with Gasteiger partial charge in [0.05, 0.1) is 10.0 Å². The van der Waals surface area contributed by atoms with Gasteiger partial charge in [0, 0.05) is 25.0 Å². The van der Waals surface area contributed by atoms with Crippen molar-refractivity contribution in [3.8, 4) is 0 Å². The third-order valence-electron chi connectivity index (χ3n) is 3.19. The van der Waals surface area contributed by atoms with Crippen LogP contribution in [0.15, 0.2) is 18.2 Å². The van der Waals surface area contributed by atoms with E-state index in [1.807, 2.05) is 19.1 Å². The fourth-order valence-electron chi connectivity index (χ4n) is 1.83. The lowest BCUT2D eigenvalue weighted by Gasteiger charge is -2.14. The van der Waals surface area contributed by atoms with E-state index in [1.165, 1.54) is 0 Å². The molecule has 1 aliphatic carbocycles. The molecular weight excluding hydrogens is 283 g/mol. The molecule has 5 heteroatoms. The van der Waals surface area contributed by atoms with Crippen LogP contribution in [0, 0.1) is 0 Å². The Labute approximate surface area is 123 Å². The lowest BCUT2D eigenvalue weighted by Crippen LogP contribution is -2.30. The SMILES string of the molecule is CC(NCCC(=O)NC1CC1)c1ccc(Cl)c(Cl)c1. The highest BCUT2D eigenvalue weighted by molar-refractivity contribution is 6.42. The van der Waals surface area contributed by atoms with Gasteiger partial charge in [-0.2, -0.15) is 0 Å². The van der Waals surface area contributed by atoms with Crippen LogP contribution in [0.4, 0.5) is 0 Å². The van der Waals surface area contributed by atoms with Crippen molar-refractivity contribution in [3.63, 3.8) is 0 Å². The van der Waals surface area contributed by atoms with E-state index < -0.39 is 0 Å². The van der Waals surface area contributed by atoms with Crippen LogP contribution in [0.1, 0.15) is 37.8 Å². The number of halogens is 2. The lowest BCUT2D eigenvalue weighted by atomic mass is 10.1. The first-order chi connectivity index (χ1) is 9.06. The van der Waals surface area contributed by atoms with E-state index >= 15 is 0 Å². The van der Waals surface area contributed by atoms with Crippen molar-refractivity contribution in [2.24, 2.45) is 0 Å². The molecule has 1 saturated carbocycles. The summed E-state index contributed by atoms with van der Waals surface area (Å²) in [5, 5.41) is 7.39. The summed E-state index contributed by atoms with van der Waals surface area (Å²) in [5.41, 5.74) is 1.07. The predicted molar refractivity (Wildman–Crippen MR) is 78.7 cm³/mol. The lowest BCUT2D eigenvalue weighted by molar-refractivity contribution is -0.121. The van der Waals surface area contributed by atoms with Crippen molar-refractivity contribution in [3.05, 3.63) is 33.8 Å². The number of rotatable bonds is 6. The van der Waals surface area contributed by atoms with Gasteiger partial charge < -0.3 is 10.6 Å². The molecule has 19 heavy (non-hydrogen) atoms. The molecule has 2 rings (SSSR count). The molecule has 1 unspecified atom stereocenters. The van der Waals surface area contributed by atoms with Gasteiger partial charge in [0.25, 0.3) is 0 Å². The van der Waals surface area contributed by atoms with E-state index in [-0.39, 0.29) is 11.9 Å². The number of carbonyl (C=O) groups is 1. The Morgan fingerprint density at radius 1 is 1.37 bits per heavy atom. The zero-order valence-corrected chi connectivity index (χ0v) is 12.4. The standard InChI is InChI=1S/C14H18Cl2N2O/c1-9(10-2-5-12(15)13(16)8-10)17-7-6-14(19)18-11-3-4-11/h2,5,8-9,11,17H,3-4,6-7H2,1H3,(H,18,19). The van der Waals surface area contributed by atoms with E-state index in [9.17, 15) is 4.79 Å². The van der Waals surface area contributed by atoms with E-state index in [4.69, 9.17) is 23.2 Å². The van der Waals surface area contributed by atoms with Gasteiger partial charge in [-0.15, -0.1) is 0 Å². The quantitative estimate of drug-likeness (QED) is 0.846. The fourth-order valence-corrected chi connectivity index (χ4v) is 2.14. The van der Waals surface area contributed by atoms with Crippen molar-refractivity contribution < 1.29 is 4.79 Å². The summed E-state index contributed by atoms with van der Waals surface area (Å²) in [7, 11) is 0. The Kier molecular flexibility index (Phi) is 5.08. The van der Waals surface area contributed by atoms with Crippen LogP contribution in [-0.2, 0) is 4.79 Å². The Hall–Kier alpha value is -0.770. The van der Waals surface area contributed by atoms with Gasteiger partial charge in [0.2, 0.25) is 5.91 Å². The van der Waals surface area contributed by atoms with Crippen molar-refractivity contribution in [1.29, 1.82) is 0 Å². The predicted octanol–water partition coefficient (Wildman–Crippen LogP) is 3.31. The molecule has 0 spiro atoms. The second-order valence-corrected chi connectivity index (χ2v) is 5.76. The van der Waals surface area contributed by atoms with Crippen molar-refractivity contribution >= 4 is 29.1 Å². The molecule has 104 valence electrons. The van der Waals surface area contributed by atoms with E-state index in [0.29, 0.717) is 29.1 Å². The third-order valence-corrected chi connectivity index (χ3v) is 3.93. The first kappa shape index (κ1) is 14.6. The second kappa shape index (κ2) is 6.60. The maximum Gasteiger partial charge on any atom is 0.221 e. The maximum absolute atomic E-state index is 11.5. The molecule has 1 fully saturated rings. The van der Waals surface area contributed by atoms with Gasteiger partial charge >= 0.3 is 0 Å². The molecule has 1 aromatic carbocycles. The van der Waals surface area contributed by atoms with Gasteiger partial charge in [-0.05, 0) is 37.5 Å². The summed E-state index contributed by atoms with van der Waals surface area (Å²) in [4.78, 5) is 11.5. The summed E-state index contributed by atoms with van der Waals surface area (Å²) in [6.07, 6.45) is 2.75. The Bertz CT molecular complexity index is 461. The van der Waals surface area contributed by atoms with Crippen molar-refractivity contribution in [2.45, 2.75) is 38.3 Å². The molecule has 0 aliphatic heterocycles. The Balaban J connectivity index is 1.75. The highest BCUT2D eigenvalue weighted by Crippen LogP contribution is 2.25. The average Bonchev–Trinajstić information content (AvgIpc) is 3.16. The van der Waals surface area contributed by atoms with Crippen LogP contribution >= 0.6 is 23.2 Å². The molecule has 0 saturated heterocycles. The number of hydrogen-bond acceptors (Lipinski definition) is 2. The number of amides is 1. The minimum absolute atomic E-state index is 0.122. The van der Waals surface area contributed by atoms with Crippen LogP contribution in [0.3, 0.4) is 0 Å². The first-order valence-corrected chi connectivity index (χ1v) is 7.29. The van der Waals surface area contributed by atoms with Crippen LogP contribution < -0.4 is 10.6 Å². The molecule has 1 amide bonds. The van der Waals surface area contributed by atoms with E-state index in [2.05, 4.69) is 10.6 Å². The number of hydrogen-bond donors (Lipinski definition) is 2. The molecule has 0 heterocycles. The molecule has 1 atom stereocenters. The van der Waals surface area contributed by atoms with Gasteiger partial charge in [0.1, 0.15) is 0 Å². The Morgan fingerprint density at radius 3 is 2.74 bits per heavy atom. The van der Waals surface area contributed by atoms with E-state index in [0.717, 1.165) is 18.4 Å². The molecule has 0 bridgehead atoms. The van der Waals surface area contributed by atoms with Crippen molar-refractivity contribution in [1.82, 2.24) is 10.6 Å². The van der Waals surface area contributed by atoms with Crippen LogP contribution in [-0.4, -0.2) is 18.5 Å². The third kappa shape index (κ3) is 4.68. The summed E-state index contributed by atoms with van der Waals surface area (Å²) in [5.74, 6) is 0.122. The summed E-state index contributed by atoms with van der Waals surface area (Å²) in [6.45, 7) is 2.69. The first-order valence-electron chi connectivity index (χ1n) is 6.54. The van der Waals surface area contributed by atoms with E-state index in [1.54, 1.807) is 6.07 Å². The molecule has 3 nitrogen and oxygen atoms in total. The largest absolute Gasteiger partial charge is 0.353 e. The number of carbonyl (C=O) groups excluding carboxylic acids is 1. The van der Waals surface area contributed by atoms with Gasteiger partial charge in [-0.1, -0.05) is 29.3 Å². The smallest absolute Gasteiger partial charge is 0.221 e. The topological polar surface area (TPSA) is 41.1 Å². The highest BCUT2D eigenvalue weighted by Gasteiger charge is 2.22. The minimum atomic E-state index is 0.122. The highest BCUT2D eigenvalue weighted by atomic mass is 35.5. The molecular formula is C14H18Cl2N2O. The van der Waals surface area contributed by atoms with Crippen LogP contribution in [0.25, 0.3) is 0 Å². The molecule has 0 aromatic heterocycles. The van der Waals surface area contributed by atoms with Crippen LogP contribution in [0.5, 0.6) is 0 Å². The number of nitrogens with one attached hydrogen (secondary N) is 2. The normalized spacial score (nSPS) is 16.2. The average molecular weight is 301 g/mol. The summed E-state index contributed by atoms with van der Waals surface area (Å²) >= 11 is 11.9. The zero-order valence-electron chi connectivity index (χ0n) is 10.9. The summed E-state index contributed by atoms with van der Waals surface area (Å²) in [6, 6.07) is 6.16. The number of benzene rings is 1. The van der Waals surface area contributed by atoms with Gasteiger partial charge in [-0.3, -0.25) is 4.79 Å². The van der Waals surface area contributed by atoms with Gasteiger partial charge in [0.15, 0.2) is 0 Å². The monoisotopic (exact) mass is 300 g/mol. The fraction of sp³-hybridized carbons (Fsp3) is 0.500. The second-order valence-electron chi connectivity index (χ2n) is 4.94. The van der Waals surface area contributed by atoms with Gasteiger partial charge in [-0.25, -0.2) is 0 Å². The summed E-state index contributed by atoms with van der Waals surface area (Å²) < 4.78 is 0. The molecule has 1 aromatic rings. The maximum atomic E-state index is 11.5. The minimum Gasteiger partial charge on any atom is -0.353 e.